The van der Waals surface area contributed by atoms with Crippen molar-refractivity contribution < 1.29 is 23.9 Å². The van der Waals surface area contributed by atoms with Gasteiger partial charge in [0.25, 0.3) is 17.7 Å². The smallest absolute Gasteiger partial charge is 0.306 e. The molecule has 0 radical (unpaired) electrons. The molecule has 0 unspecified atom stereocenters. The second-order valence-corrected chi connectivity index (χ2v) is 8.03. The summed E-state index contributed by atoms with van der Waals surface area (Å²) in [5.74, 6) is -1.52. The average Bonchev–Trinajstić information content (AvgIpc) is 2.91. The maximum atomic E-state index is 12.4. The lowest BCUT2D eigenvalue weighted by Gasteiger charge is -2.22. The van der Waals surface area contributed by atoms with Gasteiger partial charge in [0.1, 0.15) is 0 Å². The largest absolute Gasteiger partial charge is 0.456 e. The molecule has 1 aromatic rings. The predicted octanol–water partition coefficient (Wildman–Crippen LogP) is 2.82. The molecule has 3 amide bonds. The van der Waals surface area contributed by atoms with E-state index in [1.165, 1.54) is 6.42 Å². The molecule has 150 valence electrons. The second-order valence-electron chi connectivity index (χ2n) is 7.12. The van der Waals surface area contributed by atoms with Gasteiger partial charge in [-0.15, -0.1) is 0 Å². The highest BCUT2D eigenvalue weighted by molar-refractivity contribution is 9.10. The number of nitrogens with one attached hydrogen (secondary N) is 1. The van der Waals surface area contributed by atoms with Gasteiger partial charge in [-0.2, -0.15) is 0 Å². The Hall–Kier alpha value is -2.22. The third-order valence-electron chi connectivity index (χ3n) is 5.03. The highest BCUT2D eigenvalue weighted by Crippen LogP contribution is 2.26. The van der Waals surface area contributed by atoms with Crippen LogP contribution in [0, 0.1) is 0 Å². The molecule has 1 aliphatic carbocycles. The van der Waals surface area contributed by atoms with Crippen molar-refractivity contribution in [3.63, 3.8) is 0 Å². The Kier molecular flexibility index (Phi) is 6.83. The highest BCUT2D eigenvalue weighted by Gasteiger charge is 2.35. The molecule has 1 aliphatic heterocycles. The summed E-state index contributed by atoms with van der Waals surface area (Å²) in [6, 6.07) is 5.12. The molecule has 0 saturated heterocycles. The standard InChI is InChI=1S/C20H23BrN2O5/c21-13-8-9-15-16(11-13)20(27)23(19(15)26)10-4-7-18(25)28-12-17(24)22-14-5-2-1-3-6-14/h8-9,11,14H,1-7,10,12H2,(H,22,24). The number of carbonyl (C=O) groups is 4. The van der Waals surface area contributed by atoms with Crippen LogP contribution in [0.15, 0.2) is 22.7 Å². The summed E-state index contributed by atoms with van der Waals surface area (Å²) < 4.78 is 5.72. The van der Waals surface area contributed by atoms with Crippen molar-refractivity contribution in [2.75, 3.05) is 13.2 Å². The monoisotopic (exact) mass is 450 g/mol. The fourth-order valence-corrected chi connectivity index (χ4v) is 3.94. The van der Waals surface area contributed by atoms with E-state index in [9.17, 15) is 19.2 Å². The third-order valence-corrected chi connectivity index (χ3v) is 5.52. The van der Waals surface area contributed by atoms with Crippen LogP contribution in [0.1, 0.15) is 65.7 Å². The molecule has 3 rings (SSSR count). The topological polar surface area (TPSA) is 92.8 Å². The molecule has 2 aliphatic rings. The quantitative estimate of drug-likeness (QED) is 0.509. The molecule has 1 heterocycles. The van der Waals surface area contributed by atoms with Gasteiger partial charge in [0.2, 0.25) is 0 Å². The van der Waals surface area contributed by atoms with Crippen LogP contribution in [0.5, 0.6) is 0 Å². The summed E-state index contributed by atoms with van der Waals surface area (Å²) in [5.41, 5.74) is 0.733. The van der Waals surface area contributed by atoms with Gasteiger partial charge >= 0.3 is 5.97 Å². The number of amides is 3. The molecule has 0 aromatic heterocycles. The summed E-state index contributed by atoms with van der Waals surface area (Å²) in [7, 11) is 0. The molecule has 1 fully saturated rings. The van der Waals surface area contributed by atoms with E-state index >= 15 is 0 Å². The normalized spacial score (nSPS) is 16.8. The van der Waals surface area contributed by atoms with E-state index in [0.29, 0.717) is 11.1 Å². The number of nitrogens with zero attached hydrogens (tertiary/aromatic N) is 1. The van der Waals surface area contributed by atoms with Gasteiger partial charge in [0.05, 0.1) is 11.1 Å². The number of halogens is 1. The fourth-order valence-electron chi connectivity index (χ4n) is 3.58. The first-order chi connectivity index (χ1) is 13.5. The third kappa shape index (κ3) is 4.98. The number of carbonyl (C=O) groups excluding carboxylic acids is 4. The number of esters is 1. The van der Waals surface area contributed by atoms with Crippen LogP contribution in [0.2, 0.25) is 0 Å². The van der Waals surface area contributed by atoms with Crippen molar-refractivity contribution in [2.45, 2.75) is 51.0 Å². The molecular weight excluding hydrogens is 428 g/mol. The van der Waals surface area contributed by atoms with E-state index < -0.39 is 5.97 Å². The van der Waals surface area contributed by atoms with E-state index in [0.717, 1.165) is 35.1 Å². The highest BCUT2D eigenvalue weighted by atomic mass is 79.9. The maximum Gasteiger partial charge on any atom is 0.306 e. The Balaban J connectivity index is 1.38. The van der Waals surface area contributed by atoms with Crippen LogP contribution < -0.4 is 5.32 Å². The van der Waals surface area contributed by atoms with Gasteiger partial charge < -0.3 is 10.1 Å². The second kappa shape index (κ2) is 9.32. The number of hydrogen-bond donors (Lipinski definition) is 1. The summed E-state index contributed by atoms with van der Waals surface area (Å²) in [6.45, 7) is -0.163. The molecule has 0 atom stereocenters. The van der Waals surface area contributed by atoms with E-state index in [-0.39, 0.29) is 49.8 Å². The van der Waals surface area contributed by atoms with Gasteiger partial charge in [-0.1, -0.05) is 35.2 Å². The maximum absolute atomic E-state index is 12.4. The number of hydrogen-bond acceptors (Lipinski definition) is 5. The van der Waals surface area contributed by atoms with Crippen molar-refractivity contribution in [3.05, 3.63) is 33.8 Å². The van der Waals surface area contributed by atoms with Crippen molar-refractivity contribution in [3.8, 4) is 0 Å². The lowest BCUT2D eigenvalue weighted by molar-refractivity contribution is -0.148. The van der Waals surface area contributed by atoms with Crippen LogP contribution in [0.25, 0.3) is 0 Å². The van der Waals surface area contributed by atoms with E-state index in [1.807, 2.05) is 0 Å². The Morgan fingerprint density at radius 2 is 1.82 bits per heavy atom. The lowest BCUT2D eigenvalue weighted by Crippen LogP contribution is -2.38. The Labute approximate surface area is 171 Å². The zero-order chi connectivity index (χ0) is 20.1. The molecule has 1 N–H and O–H groups in total. The van der Waals surface area contributed by atoms with Crippen LogP contribution in [0.3, 0.4) is 0 Å². The first-order valence-corrected chi connectivity index (χ1v) is 10.4. The van der Waals surface area contributed by atoms with Crippen LogP contribution in [0.4, 0.5) is 0 Å². The first kappa shape index (κ1) is 20.5. The van der Waals surface area contributed by atoms with Crippen molar-refractivity contribution >= 4 is 39.6 Å². The van der Waals surface area contributed by atoms with E-state index in [2.05, 4.69) is 21.2 Å². The molecular formula is C20H23BrN2O5. The SMILES string of the molecule is O=C(COC(=O)CCCN1C(=O)c2ccc(Br)cc2C1=O)NC1CCCCC1. The minimum absolute atomic E-state index is 0.0355. The molecule has 1 saturated carbocycles. The Morgan fingerprint density at radius 3 is 2.57 bits per heavy atom. The number of rotatable bonds is 7. The summed E-state index contributed by atoms with van der Waals surface area (Å²) in [6.07, 6.45) is 5.68. The minimum atomic E-state index is -0.516. The van der Waals surface area contributed by atoms with Crippen molar-refractivity contribution in [1.29, 1.82) is 0 Å². The minimum Gasteiger partial charge on any atom is -0.456 e. The zero-order valence-electron chi connectivity index (χ0n) is 15.5. The number of benzene rings is 1. The summed E-state index contributed by atoms with van der Waals surface area (Å²) in [5, 5.41) is 2.88. The van der Waals surface area contributed by atoms with Gasteiger partial charge in [-0.3, -0.25) is 24.1 Å². The van der Waals surface area contributed by atoms with Gasteiger partial charge in [-0.25, -0.2) is 0 Å². The summed E-state index contributed by atoms with van der Waals surface area (Å²) >= 11 is 3.29. The van der Waals surface area contributed by atoms with Gasteiger partial charge in [0.15, 0.2) is 6.61 Å². The number of fused-ring (bicyclic) bond motifs is 1. The number of ether oxygens (including phenoxy) is 1. The van der Waals surface area contributed by atoms with Gasteiger partial charge in [0, 0.05) is 23.5 Å². The molecule has 0 spiro atoms. The Morgan fingerprint density at radius 1 is 1.11 bits per heavy atom. The zero-order valence-corrected chi connectivity index (χ0v) is 17.1. The molecule has 1 aromatic carbocycles. The first-order valence-electron chi connectivity index (χ1n) is 9.56. The van der Waals surface area contributed by atoms with Crippen molar-refractivity contribution in [2.24, 2.45) is 0 Å². The predicted molar refractivity (Wildman–Crippen MR) is 105 cm³/mol. The molecule has 28 heavy (non-hydrogen) atoms. The average molecular weight is 451 g/mol. The fraction of sp³-hybridized carbons (Fsp3) is 0.500. The molecule has 0 bridgehead atoms. The van der Waals surface area contributed by atoms with Crippen molar-refractivity contribution in [1.82, 2.24) is 10.2 Å². The van der Waals surface area contributed by atoms with E-state index in [1.54, 1.807) is 18.2 Å². The Bertz CT molecular complexity index is 789. The molecule has 7 nitrogen and oxygen atoms in total. The van der Waals surface area contributed by atoms with E-state index in [4.69, 9.17) is 4.74 Å². The summed E-state index contributed by atoms with van der Waals surface area (Å²) in [4.78, 5) is 49.5. The molecule has 8 heteroatoms. The van der Waals surface area contributed by atoms with Crippen LogP contribution in [-0.4, -0.2) is 47.8 Å². The lowest BCUT2D eigenvalue weighted by atomic mass is 9.95. The number of imide groups is 1. The van der Waals surface area contributed by atoms with Gasteiger partial charge in [-0.05, 0) is 37.5 Å². The van der Waals surface area contributed by atoms with Crippen LogP contribution in [-0.2, 0) is 14.3 Å². The van der Waals surface area contributed by atoms with Crippen LogP contribution >= 0.6 is 15.9 Å².